The van der Waals surface area contributed by atoms with Crippen LogP contribution >= 0.6 is 0 Å². The third-order valence-electron chi connectivity index (χ3n) is 6.50. The third kappa shape index (κ3) is 4.79. The Morgan fingerprint density at radius 2 is 1.84 bits per heavy atom. The minimum atomic E-state index is -4.58. The first-order chi connectivity index (χ1) is 15.2. The van der Waals surface area contributed by atoms with Gasteiger partial charge in [0.2, 0.25) is 5.91 Å². The molecule has 9 heteroatoms. The molecule has 32 heavy (non-hydrogen) atoms. The second-order valence-corrected chi connectivity index (χ2v) is 8.67. The number of alkyl halides is 3. The van der Waals surface area contributed by atoms with Crippen molar-refractivity contribution in [1.29, 1.82) is 5.26 Å². The molecule has 1 aromatic heterocycles. The van der Waals surface area contributed by atoms with Gasteiger partial charge in [-0.1, -0.05) is 12.1 Å². The van der Waals surface area contributed by atoms with Gasteiger partial charge in [-0.25, -0.2) is 4.39 Å². The number of benzene rings is 1. The zero-order chi connectivity index (χ0) is 22.9. The topological polar surface area (TPSA) is 61.9 Å². The molecule has 0 bridgehead atoms. The van der Waals surface area contributed by atoms with Crippen molar-refractivity contribution in [2.45, 2.75) is 57.8 Å². The number of carbonyl (C=O) groups excluding carboxylic acids is 1. The summed E-state index contributed by atoms with van der Waals surface area (Å²) in [6.45, 7) is 0.371. The number of amides is 1. The van der Waals surface area contributed by atoms with Crippen LogP contribution in [0.2, 0.25) is 0 Å². The van der Waals surface area contributed by atoms with Gasteiger partial charge in [0.15, 0.2) is 5.69 Å². The Bertz CT molecular complexity index is 1010. The number of aromatic nitrogens is 2. The van der Waals surface area contributed by atoms with E-state index < -0.39 is 17.7 Å². The van der Waals surface area contributed by atoms with E-state index in [0.29, 0.717) is 17.7 Å². The van der Waals surface area contributed by atoms with Gasteiger partial charge >= 0.3 is 6.18 Å². The molecule has 1 amide bonds. The van der Waals surface area contributed by atoms with Crippen molar-refractivity contribution in [3.05, 3.63) is 52.6 Å². The second kappa shape index (κ2) is 8.93. The lowest BCUT2D eigenvalue weighted by atomic mass is 9.81. The first-order valence-corrected chi connectivity index (χ1v) is 10.8. The van der Waals surface area contributed by atoms with Crippen molar-refractivity contribution in [3.8, 4) is 6.07 Å². The Labute approximate surface area is 183 Å². The normalized spacial score (nSPS) is 21.2. The number of hydrogen-bond donors (Lipinski definition) is 0. The van der Waals surface area contributed by atoms with Crippen molar-refractivity contribution >= 4 is 5.91 Å². The second-order valence-electron chi connectivity index (χ2n) is 8.67. The Morgan fingerprint density at radius 1 is 1.16 bits per heavy atom. The molecule has 1 aliphatic carbocycles. The fourth-order valence-corrected chi connectivity index (χ4v) is 4.69. The van der Waals surface area contributed by atoms with E-state index in [4.69, 9.17) is 5.26 Å². The highest BCUT2D eigenvalue weighted by Crippen LogP contribution is 2.36. The average Bonchev–Trinajstić information content (AvgIpc) is 3.14. The first kappa shape index (κ1) is 22.3. The van der Waals surface area contributed by atoms with E-state index in [0.717, 1.165) is 25.7 Å². The van der Waals surface area contributed by atoms with Crippen LogP contribution in [0.3, 0.4) is 0 Å². The molecule has 0 atom stereocenters. The molecule has 1 saturated carbocycles. The maximum absolute atomic E-state index is 13.6. The van der Waals surface area contributed by atoms with Crippen molar-refractivity contribution in [1.82, 2.24) is 14.7 Å². The van der Waals surface area contributed by atoms with Crippen LogP contribution in [0.5, 0.6) is 0 Å². The molecule has 4 rings (SSSR count). The summed E-state index contributed by atoms with van der Waals surface area (Å²) in [5.41, 5.74) is 0.243. The molecule has 0 saturated heterocycles. The van der Waals surface area contributed by atoms with Gasteiger partial charge in [-0.05, 0) is 55.7 Å². The lowest BCUT2D eigenvalue weighted by molar-refractivity contribution is -0.142. The predicted molar refractivity (Wildman–Crippen MR) is 108 cm³/mol. The maximum Gasteiger partial charge on any atom is 0.435 e. The molecule has 2 aromatic rings. The Morgan fingerprint density at radius 3 is 2.47 bits per heavy atom. The summed E-state index contributed by atoms with van der Waals surface area (Å²) in [5, 5.41) is 12.9. The van der Waals surface area contributed by atoms with E-state index in [1.54, 1.807) is 4.90 Å². The number of nitrogens with zero attached hydrogens (tertiary/aromatic N) is 4. The predicted octanol–water partition coefficient (Wildman–Crippen LogP) is 4.69. The van der Waals surface area contributed by atoms with E-state index in [1.807, 2.05) is 0 Å². The summed E-state index contributed by atoms with van der Waals surface area (Å²) in [5.74, 6) is -0.226. The van der Waals surface area contributed by atoms with Gasteiger partial charge in [0.1, 0.15) is 5.82 Å². The first-order valence-electron chi connectivity index (χ1n) is 10.8. The molecular weight excluding hydrogens is 424 g/mol. The molecule has 1 fully saturated rings. The zero-order valence-electron chi connectivity index (χ0n) is 17.5. The fraction of sp³-hybridized carbons (Fsp3) is 0.522. The van der Waals surface area contributed by atoms with E-state index >= 15 is 0 Å². The molecule has 5 nitrogen and oxygen atoms in total. The molecule has 170 valence electrons. The van der Waals surface area contributed by atoms with Crippen LogP contribution in [0.1, 0.15) is 54.6 Å². The minimum absolute atomic E-state index is 0.0560. The Balaban J connectivity index is 1.52. The molecule has 0 unspecified atom stereocenters. The van der Waals surface area contributed by atoms with Gasteiger partial charge in [0, 0.05) is 24.4 Å². The number of nitriles is 1. The standard InChI is InChI=1S/C23H24F4N4O/c24-18-7-5-17(6-8-18)13-31-20-14-30(10-9-19(20)22(29-31)23(25,26)27)21(32)11-15-1-3-16(12-28)4-2-15/h5-8,15-16H,1-4,9-11,13-14H2. The SMILES string of the molecule is N#CC1CCC(CC(=O)N2CCc3c(C(F)(F)F)nn(Cc4ccc(F)cc4)c3C2)CC1. The van der Waals surface area contributed by atoms with E-state index in [-0.39, 0.29) is 49.4 Å². The van der Waals surface area contributed by atoms with Crippen LogP contribution in [0.25, 0.3) is 0 Å². The monoisotopic (exact) mass is 448 g/mol. The van der Waals surface area contributed by atoms with Crippen molar-refractivity contribution in [3.63, 3.8) is 0 Å². The highest BCUT2D eigenvalue weighted by molar-refractivity contribution is 5.76. The van der Waals surface area contributed by atoms with Crippen LogP contribution in [0.15, 0.2) is 24.3 Å². The lowest BCUT2D eigenvalue weighted by Crippen LogP contribution is -2.38. The molecule has 2 heterocycles. The summed E-state index contributed by atoms with van der Waals surface area (Å²) in [4.78, 5) is 14.5. The van der Waals surface area contributed by atoms with Gasteiger partial charge in [-0.3, -0.25) is 9.48 Å². The smallest absolute Gasteiger partial charge is 0.336 e. The molecule has 1 aromatic carbocycles. The fourth-order valence-electron chi connectivity index (χ4n) is 4.69. The summed E-state index contributed by atoms with van der Waals surface area (Å²) < 4.78 is 55.2. The molecular formula is C23H24F4N4O. The van der Waals surface area contributed by atoms with Gasteiger partial charge in [-0.2, -0.15) is 23.5 Å². The molecule has 2 aliphatic rings. The Kier molecular flexibility index (Phi) is 6.22. The van der Waals surface area contributed by atoms with Crippen LogP contribution in [0, 0.1) is 29.0 Å². The highest BCUT2D eigenvalue weighted by atomic mass is 19.4. The largest absolute Gasteiger partial charge is 0.435 e. The number of rotatable bonds is 4. The van der Waals surface area contributed by atoms with Gasteiger partial charge in [0.25, 0.3) is 0 Å². The summed E-state index contributed by atoms with van der Waals surface area (Å²) in [6.07, 6.45) is -0.903. The van der Waals surface area contributed by atoms with Crippen LogP contribution in [-0.2, 0) is 30.5 Å². The highest BCUT2D eigenvalue weighted by Gasteiger charge is 2.41. The maximum atomic E-state index is 13.6. The van der Waals surface area contributed by atoms with Crippen LogP contribution < -0.4 is 0 Å². The van der Waals surface area contributed by atoms with Crippen LogP contribution in [-0.4, -0.2) is 27.1 Å². The summed E-state index contributed by atoms with van der Waals surface area (Å²) >= 11 is 0. The van der Waals surface area contributed by atoms with Crippen LogP contribution in [0.4, 0.5) is 17.6 Å². The van der Waals surface area contributed by atoms with E-state index in [9.17, 15) is 22.4 Å². The van der Waals surface area contributed by atoms with Gasteiger partial charge in [0.05, 0.1) is 24.9 Å². The minimum Gasteiger partial charge on any atom is -0.336 e. The number of hydrogen-bond acceptors (Lipinski definition) is 3. The number of fused-ring (bicyclic) bond motifs is 1. The van der Waals surface area contributed by atoms with E-state index in [2.05, 4.69) is 11.2 Å². The molecule has 0 spiro atoms. The van der Waals surface area contributed by atoms with E-state index in [1.165, 1.54) is 28.9 Å². The van der Waals surface area contributed by atoms with Crippen molar-refractivity contribution in [2.75, 3.05) is 6.54 Å². The number of halogens is 4. The Hall–Kier alpha value is -2.89. The molecule has 0 radical (unpaired) electrons. The molecule has 1 aliphatic heterocycles. The van der Waals surface area contributed by atoms with Gasteiger partial charge in [-0.15, -0.1) is 0 Å². The average molecular weight is 448 g/mol. The number of carbonyl (C=O) groups is 1. The summed E-state index contributed by atoms with van der Waals surface area (Å²) in [6, 6.07) is 7.82. The van der Waals surface area contributed by atoms with Gasteiger partial charge < -0.3 is 4.90 Å². The third-order valence-corrected chi connectivity index (χ3v) is 6.50. The quantitative estimate of drug-likeness (QED) is 0.638. The van der Waals surface area contributed by atoms with Crippen molar-refractivity contribution < 1.29 is 22.4 Å². The summed E-state index contributed by atoms with van der Waals surface area (Å²) in [7, 11) is 0. The van der Waals surface area contributed by atoms with Crippen molar-refractivity contribution in [2.24, 2.45) is 11.8 Å². The lowest BCUT2D eigenvalue weighted by Gasteiger charge is -2.31. The molecule has 0 N–H and O–H groups in total. The zero-order valence-corrected chi connectivity index (χ0v) is 17.5.